The van der Waals surface area contributed by atoms with E-state index >= 15 is 0 Å². The highest BCUT2D eigenvalue weighted by atomic mass is 32.1. The largest absolute Gasteiger partial charge is 0.459 e. The van der Waals surface area contributed by atoms with Gasteiger partial charge in [0.05, 0.1) is 0 Å². The van der Waals surface area contributed by atoms with Crippen molar-refractivity contribution in [2.45, 2.75) is 32.4 Å². The van der Waals surface area contributed by atoms with Gasteiger partial charge in [-0.15, -0.1) is 11.3 Å². The van der Waals surface area contributed by atoms with Crippen LogP contribution in [0.25, 0.3) is 0 Å². The third-order valence-electron chi connectivity index (χ3n) is 2.96. The molecule has 0 radical (unpaired) electrons. The lowest BCUT2D eigenvalue weighted by molar-refractivity contribution is -0.149. The molecule has 0 aliphatic carbocycles. The molecule has 1 saturated heterocycles. The number of esters is 1. The second kappa shape index (κ2) is 5.46. The minimum absolute atomic E-state index is 0.111. The van der Waals surface area contributed by atoms with E-state index in [1.54, 1.807) is 11.3 Å². The molecule has 2 heterocycles. The number of thiophene rings is 1. The van der Waals surface area contributed by atoms with Crippen molar-refractivity contribution < 1.29 is 9.53 Å². The summed E-state index contributed by atoms with van der Waals surface area (Å²) in [6.07, 6.45) is 2.25. The minimum Gasteiger partial charge on any atom is -0.459 e. The maximum Gasteiger partial charge on any atom is 0.323 e. The van der Waals surface area contributed by atoms with Crippen molar-refractivity contribution in [3.05, 3.63) is 22.4 Å². The van der Waals surface area contributed by atoms with Crippen molar-refractivity contribution in [2.75, 3.05) is 6.54 Å². The molecule has 0 bridgehead atoms. The summed E-state index contributed by atoms with van der Waals surface area (Å²) < 4.78 is 5.31. The van der Waals surface area contributed by atoms with Gasteiger partial charge in [-0.05, 0) is 36.8 Å². The fraction of sp³-hybridized carbons (Fsp3) is 0.583. The van der Waals surface area contributed by atoms with Crippen LogP contribution in [0.3, 0.4) is 0 Å². The van der Waals surface area contributed by atoms with E-state index in [0.717, 1.165) is 24.3 Å². The number of nitrogens with one attached hydrogen (secondary N) is 1. The van der Waals surface area contributed by atoms with Gasteiger partial charge in [0, 0.05) is 4.88 Å². The summed E-state index contributed by atoms with van der Waals surface area (Å²) >= 11 is 1.61. The Kier molecular flexibility index (Phi) is 3.96. The van der Waals surface area contributed by atoms with Crippen LogP contribution < -0.4 is 5.32 Å². The van der Waals surface area contributed by atoms with Crippen molar-refractivity contribution in [1.82, 2.24) is 5.32 Å². The first-order valence-electron chi connectivity index (χ1n) is 5.70. The van der Waals surface area contributed by atoms with Gasteiger partial charge in [-0.25, -0.2) is 0 Å². The molecular weight excluding hydrogens is 222 g/mol. The van der Waals surface area contributed by atoms with Gasteiger partial charge < -0.3 is 10.1 Å². The Morgan fingerprint density at radius 2 is 2.56 bits per heavy atom. The fourth-order valence-corrected chi connectivity index (χ4v) is 2.61. The molecule has 1 N–H and O–H groups in total. The molecule has 0 aromatic carbocycles. The first-order chi connectivity index (χ1) is 7.77. The lowest BCUT2D eigenvalue weighted by atomic mass is 9.93. The summed E-state index contributed by atoms with van der Waals surface area (Å²) in [5.74, 6) is 0.269. The van der Waals surface area contributed by atoms with Crippen molar-refractivity contribution in [1.29, 1.82) is 0 Å². The van der Waals surface area contributed by atoms with E-state index in [-0.39, 0.29) is 12.0 Å². The standard InChI is InChI=1S/C12H17NO2S/c1-9-4-2-6-13-11(9)12(14)15-8-10-5-3-7-16-10/h3,5,7,9,11,13H,2,4,6,8H2,1H3. The Morgan fingerprint density at radius 1 is 1.69 bits per heavy atom. The van der Waals surface area contributed by atoms with Crippen LogP contribution in [0.5, 0.6) is 0 Å². The summed E-state index contributed by atoms with van der Waals surface area (Å²) in [6.45, 7) is 3.42. The minimum atomic E-state index is -0.117. The molecule has 0 saturated carbocycles. The SMILES string of the molecule is CC1CCCNC1C(=O)OCc1cccs1. The number of ether oxygens (including phenoxy) is 1. The van der Waals surface area contributed by atoms with Crippen LogP contribution in [0.4, 0.5) is 0 Å². The predicted molar refractivity (Wildman–Crippen MR) is 64.3 cm³/mol. The summed E-state index contributed by atoms with van der Waals surface area (Å²) in [7, 11) is 0. The molecule has 1 aromatic heterocycles. The van der Waals surface area contributed by atoms with E-state index in [9.17, 15) is 4.79 Å². The normalized spacial score (nSPS) is 25.3. The zero-order valence-electron chi connectivity index (χ0n) is 9.44. The molecule has 0 amide bonds. The number of piperidine rings is 1. The monoisotopic (exact) mass is 239 g/mol. The highest BCUT2D eigenvalue weighted by Gasteiger charge is 2.28. The van der Waals surface area contributed by atoms with Gasteiger partial charge in [0.15, 0.2) is 0 Å². The Balaban J connectivity index is 1.83. The quantitative estimate of drug-likeness (QED) is 0.822. The average Bonchev–Trinajstić information content (AvgIpc) is 2.79. The third-order valence-corrected chi connectivity index (χ3v) is 3.81. The first-order valence-corrected chi connectivity index (χ1v) is 6.58. The Bertz CT molecular complexity index is 337. The second-order valence-corrected chi connectivity index (χ2v) is 5.27. The summed E-state index contributed by atoms with van der Waals surface area (Å²) in [4.78, 5) is 12.9. The average molecular weight is 239 g/mol. The van der Waals surface area contributed by atoms with Crippen LogP contribution in [0.2, 0.25) is 0 Å². The molecule has 2 unspecified atom stereocenters. The van der Waals surface area contributed by atoms with E-state index in [0.29, 0.717) is 12.5 Å². The van der Waals surface area contributed by atoms with Gasteiger partial charge in [0.1, 0.15) is 12.6 Å². The lowest BCUT2D eigenvalue weighted by Gasteiger charge is -2.28. The number of hydrogen-bond donors (Lipinski definition) is 1. The number of rotatable bonds is 3. The molecule has 3 nitrogen and oxygen atoms in total. The van der Waals surface area contributed by atoms with Gasteiger partial charge in [-0.1, -0.05) is 13.0 Å². The molecule has 16 heavy (non-hydrogen) atoms. The highest BCUT2D eigenvalue weighted by molar-refractivity contribution is 7.09. The Hall–Kier alpha value is -0.870. The highest BCUT2D eigenvalue weighted by Crippen LogP contribution is 2.17. The van der Waals surface area contributed by atoms with E-state index in [4.69, 9.17) is 4.74 Å². The molecule has 1 aliphatic heterocycles. The summed E-state index contributed by atoms with van der Waals surface area (Å²) in [5.41, 5.74) is 0. The number of hydrogen-bond acceptors (Lipinski definition) is 4. The van der Waals surface area contributed by atoms with Crippen LogP contribution in [0.15, 0.2) is 17.5 Å². The van der Waals surface area contributed by atoms with Crippen molar-refractivity contribution in [2.24, 2.45) is 5.92 Å². The maximum absolute atomic E-state index is 11.8. The fourth-order valence-electron chi connectivity index (χ4n) is 1.99. The Labute approximate surface area is 99.8 Å². The van der Waals surface area contributed by atoms with Gasteiger partial charge in [0.25, 0.3) is 0 Å². The molecule has 0 spiro atoms. The van der Waals surface area contributed by atoms with Gasteiger partial charge in [0.2, 0.25) is 0 Å². The van der Waals surface area contributed by atoms with Crippen LogP contribution in [0, 0.1) is 5.92 Å². The van der Waals surface area contributed by atoms with E-state index < -0.39 is 0 Å². The third kappa shape index (κ3) is 2.83. The number of carbonyl (C=O) groups excluding carboxylic acids is 1. The van der Waals surface area contributed by atoms with Crippen LogP contribution in [-0.2, 0) is 16.1 Å². The summed E-state index contributed by atoms with van der Waals surface area (Å²) in [6, 6.07) is 3.83. The van der Waals surface area contributed by atoms with Crippen LogP contribution in [0.1, 0.15) is 24.6 Å². The molecule has 1 aromatic rings. The predicted octanol–water partition coefficient (Wildman–Crippen LogP) is 2.18. The van der Waals surface area contributed by atoms with Gasteiger partial charge in [-0.3, -0.25) is 4.79 Å². The molecule has 4 heteroatoms. The van der Waals surface area contributed by atoms with Crippen molar-refractivity contribution in [3.63, 3.8) is 0 Å². The van der Waals surface area contributed by atoms with Crippen LogP contribution >= 0.6 is 11.3 Å². The molecular formula is C12H17NO2S. The lowest BCUT2D eigenvalue weighted by Crippen LogP contribution is -2.46. The van der Waals surface area contributed by atoms with Crippen LogP contribution in [-0.4, -0.2) is 18.6 Å². The molecule has 88 valence electrons. The van der Waals surface area contributed by atoms with E-state index in [1.807, 2.05) is 17.5 Å². The molecule has 2 atom stereocenters. The maximum atomic E-state index is 11.8. The smallest absolute Gasteiger partial charge is 0.323 e. The topological polar surface area (TPSA) is 38.3 Å². The van der Waals surface area contributed by atoms with Gasteiger partial charge >= 0.3 is 5.97 Å². The van der Waals surface area contributed by atoms with E-state index in [1.165, 1.54) is 0 Å². The van der Waals surface area contributed by atoms with Crippen molar-refractivity contribution in [3.8, 4) is 0 Å². The zero-order chi connectivity index (χ0) is 11.4. The summed E-state index contributed by atoms with van der Waals surface area (Å²) in [5, 5.41) is 5.22. The van der Waals surface area contributed by atoms with Crippen molar-refractivity contribution >= 4 is 17.3 Å². The van der Waals surface area contributed by atoms with E-state index in [2.05, 4.69) is 12.2 Å². The van der Waals surface area contributed by atoms with Gasteiger partial charge in [-0.2, -0.15) is 0 Å². The zero-order valence-corrected chi connectivity index (χ0v) is 10.3. The molecule has 1 aliphatic rings. The molecule has 2 rings (SSSR count). The Morgan fingerprint density at radius 3 is 3.25 bits per heavy atom. The second-order valence-electron chi connectivity index (χ2n) is 4.24. The molecule has 1 fully saturated rings. The first kappa shape index (κ1) is 11.6. The number of carbonyl (C=O) groups is 1.